The maximum Gasteiger partial charge on any atom is 0.230 e. The molecule has 0 fully saturated rings. The van der Waals surface area contributed by atoms with Crippen molar-refractivity contribution in [1.82, 2.24) is 4.98 Å². The van der Waals surface area contributed by atoms with Crippen LogP contribution in [0.1, 0.15) is 17.1 Å². The number of aryl methyl sites for hydroxylation is 1. The van der Waals surface area contributed by atoms with Gasteiger partial charge in [-0.2, -0.15) is 4.39 Å². The summed E-state index contributed by atoms with van der Waals surface area (Å²) in [5.41, 5.74) is 0.216. The Morgan fingerprint density at radius 1 is 1.21 bits per heavy atom. The van der Waals surface area contributed by atoms with Gasteiger partial charge in [-0.3, -0.25) is 0 Å². The Balaban J connectivity index is 2.23. The average Bonchev–Trinajstić information content (AvgIpc) is 2.64. The molecule has 0 aliphatic heterocycles. The van der Waals surface area contributed by atoms with Crippen molar-refractivity contribution >= 4 is 11.9 Å². The van der Waals surface area contributed by atoms with Crippen LogP contribution in [0.2, 0.25) is 0 Å². The number of anilines is 1. The third kappa shape index (κ3) is 5.18. The predicted octanol–water partition coefficient (Wildman–Crippen LogP) is 4.06. The van der Waals surface area contributed by atoms with E-state index >= 15 is 0 Å². The molecule has 0 saturated carbocycles. The zero-order valence-electron chi connectivity index (χ0n) is 13.4. The first-order valence-corrected chi connectivity index (χ1v) is 7.24. The molecule has 0 radical (unpaired) electrons. The van der Waals surface area contributed by atoms with Crippen LogP contribution in [0.25, 0.3) is 6.08 Å². The summed E-state index contributed by atoms with van der Waals surface area (Å²) in [5, 5.41) is 12.3. The minimum Gasteiger partial charge on any atom is -0.508 e. The van der Waals surface area contributed by atoms with Crippen LogP contribution in [-0.4, -0.2) is 17.1 Å². The number of pyridine rings is 1. The Kier molecular flexibility index (Phi) is 5.98. The van der Waals surface area contributed by atoms with Gasteiger partial charge in [0.25, 0.3) is 0 Å². The topological polar surface area (TPSA) is 58.3 Å². The fourth-order valence-electron chi connectivity index (χ4n) is 1.75. The second kappa shape index (κ2) is 8.39. The van der Waals surface area contributed by atoms with Gasteiger partial charge in [0, 0.05) is 7.05 Å². The summed E-state index contributed by atoms with van der Waals surface area (Å²) in [4.78, 5) is 3.72. The molecular formula is C19H17FN2O2. The summed E-state index contributed by atoms with van der Waals surface area (Å²) in [6, 6.07) is 11.3. The van der Waals surface area contributed by atoms with E-state index in [-0.39, 0.29) is 11.3 Å². The van der Waals surface area contributed by atoms with Crippen molar-refractivity contribution in [3.05, 3.63) is 71.6 Å². The van der Waals surface area contributed by atoms with Gasteiger partial charge in [0.05, 0.1) is 5.56 Å². The minimum absolute atomic E-state index is 0.132. The van der Waals surface area contributed by atoms with Gasteiger partial charge in [-0.1, -0.05) is 17.9 Å². The maximum atomic E-state index is 13.7. The van der Waals surface area contributed by atoms with Crippen LogP contribution < -0.4 is 5.32 Å². The van der Waals surface area contributed by atoms with Crippen LogP contribution in [0, 0.1) is 24.7 Å². The Morgan fingerprint density at radius 3 is 2.79 bits per heavy atom. The molecular weight excluding hydrogens is 307 g/mol. The zero-order valence-corrected chi connectivity index (χ0v) is 13.4. The first-order valence-electron chi connectivity index (χ1n) is 7.24. The van der Waals surface area contributed by atoms with E-state index in [0.29, 0.717) is 17.3 Å². The molecule has 0 atom stereocenters. The van der Waals surface area contributed by atoms with Gasteiger partial charge in [-0.05, 0) is 55.5 Å². The molecule has 2 rings (SSSR count). The van der Waals surface area contributed by atoms with Crippen molar-refractivity contribution in [2.45, 2.75) is 6.92 Å². The molecule has 2 heterocycles. The number of nitrogens with zero attached hydrogens (tertiary/aromatic N) is 1. The number of allylic oxidation sites excluding steroid dienone is 1. The van der Waals surface area contributed by atoms with Gasteiger partial charge >= 0.3 is 0 Å². The second-order valence-corrected chi connectivity index (χ2v) is 4.79. The minimum atomic E-state index is -0.621. The molecule has 0 amide bonds. The fraction of sp³-hybridized carbons (Fsp3) is 0.105. The lowest BCUT2D eigenvalue weighted by Gasteiger charge is -1.98. The number of hydrogen-bond acceptors (Lipinski definition) is 4. The summed E-state index contributed by atoms with van der Waals surface area (Å²) >= 11 is 0. The number of aromatic hydroxyl groups is 1. The lowest BCUT2D eigenvalue weighted by molar-refractivity contribution is 0.475. The Morgan fingerprint density at radius 2 is 2.04 bits per heavy atom. The van der Waals surface area contributed by atoms with Crippen molar-refractivity contribution in [2.24, 2.45) is 0 Å². The normalized spacial score (nSPS) is 9.96. The van der Waals surface area contributed by atoms with Gasteiger partial charge in [-0.15, -0.1) is 0 Å². The van der Waals surface area contributed by atoms with Crippen LogP contribution in [-0.2, 0) is 0 Å². The standard InChI is InChI=1S/C19H17FN2O2/c1-14-10-12-16(23)7-5-9-17(24-14)8-4-3-6-15-11-13-18(21-2)22-19(15)20/h4-5,7-13,23H,1-2H3,(H,21,22)/b7-5?,8-4+,14-10?,16-12?,17-9?. The summed E-state index contributed by atoms with van der Waals surface area (Å²) in [6.07, 6.45) is 3.22. The quantitative estimate of drug-likeness (QED) is 0.646. The predicted molar refractivity (Wildman–Crippen MR) is 92.4 cm³/mol. The monoisotopic (exact) mass is 324 g/mol. The highest BCUT2D eigenvalue weighted by Crippen LogP contribution is 2.09. The Hall–Kier alpha value is -3.26. The average molecular weight is 324 g/mol. The molecule has 5 heteroatoms. The fourth-order valence-corrected chi connectivity index (χ4v) is 1.75. The van der Waals surface area contributed by atoms with E-state index in [2.05, 4.69) is 22.1 Å². The largest absolute Gasteiger partial charge is 0.508 e. The van der Waals surface area contributed by atoms with Crippen LogP contribution in [0.4, 0.5) is 10.2 Å². The highest BCUT2D eigenvalue weighted by Gasteiger charge is 2.00. The summed E-state index contributed by atoms with van der Waals surface area (Å²) in [6.45, 7) is 1.77. The van der Waals surface area contributed by atoms with Crippen molar-refractivity contribution < 1.29 is 13.9 Å². The summed E-state index contributed by atoms with van der Waals surface area (Å²) in [7, 11) is 1.67. The van der Waals surface area contributed by atoms with Gasteiger partial charge in [0.15, 0.2) is 0 Å². The molecule has 0 aromatic carbocycles. The first-order chi connectivity index (χ1) is 11.6. The van der Waals surface area contributed by atoms with Crippen LogP contribution in [0.3, 0.4) is 0 Å². The van der Waals surface area contributed by atoms with E-state index in [1.165, 1.54) is 6.07 Å². The molecule has 0 bridgehead atoms. The highest BCUT2D eigenvalue weighted by atomic mass is 19.1. The molecule has 24 heavy (non-hydrogen) atoms. The van der Waals surface area contributed by atoms with E-state index in [0.717, 1.165) is 0 Å². The summed E-state index contributed by atoms with van der Waals surface area (Å²) < 4.78 is 19.3. The molecule has 0 aliphatic carbocycles. The van der Waals surface area contributed by atoms with Crippen molar-refractivity contribution in [1.29, 1.82) is 0 Å². The van der Waals surface area contributed by atoms with E-state index in [9.17, 15) is 9.50 Å². The van der Waals surface area contributed by atoms with E-state index in [1.807, 2.05) is 0 Å². The summed E-state index contributed by atoms with van der Waals surface area (Å²) in [5.74, 6) is 6.56. The number of hydrogen-bond donors (Lipinski definition) is 2. The molecule has 0 aliphatic rings. The van der Waals surface area contributed by atoms with Gasteiger partial charge in [0.1, 0.15) is 23.1 Å². The van der Waals surface area contributed by atoms with Crippen molar-refractivity contribution in [3.63, 3.8) is 0 Å². The number of aromatic nitrogens is 1. The van der Waals surface area contributed by atoms with E-state index in [4.69, 9.17) is 4.42 Å². The third-order valence-electron chi connectivity index (χ3n) is 2.94. The van der Waals surface area contributed by atoms with Crippen LogP contribution in [0.5, 0.6) is 5.75 Å². The molecule has 2 aromatic rings. The molecule has 2 N–H and O–H groups in total. The SMILES string of the molecule is CNc1ccc(C#C/C=C/c2cccc(O)ccc(C)o2)c(F)n1. The molecule has 0 unspecified atom stereocenters. The first kappa shape index (κ1) is 17.1. The molecule has 0 saturated heterocycles. The smallest absolute Gasteiger partial charge is 0.230 e. The van der Waals surface area contributed by atoms with Gasteiger partial charge in [0.2, 0.25) is 5.95 Å². The second-order valence-electron chi connectivity index (χ2n) is 4.79. The molecule has 0 spiro atoms. The Bertz CT molecular complexity index is 859. The molecule has 4 nitrogen and oxygen atoms in total. The number of halogens is 1. The highest BCUT2D eigenvalue weighted by molar-refractivity contribution is 5.49. The van der Waals surface area contributed by atoms with Crippen LogP contribution in [0.15, 0.2) is 53.0 Å². The third-order valence-corrected chi connectivity index (χ3v) is 2.94. The molecule has 122 valence electrons. The van der Waals surface area contributed by atoms with Crippen molar-refractivity contribution in [3.8, 4) is 17.6 Å². The Labute approximate surface area is 140 Å². The lowest BCUT2D eigenvalue weighted by Crippen LogP contribution is -1.96. The van der Waals surface area contributed by atoms with E-state index in [1.54, 1.807) is 62.5 Å². The maximum absolute atomic E-state index is 13.7. The molecule has 2 aromatic heterocycles. The number of rotatable bonds is 2. The lowest BCUT2D eigenvalue weighted by atomic mass is 10.2. The van der Waals surface area contributed by atoms with Crippen LogP contribution >= 0.6 is 0 Å². The number of nitrogens with one attached hydrogen (secondary N) is 1. The van der Waals surface area contributed by atoms with Crippen molar-refractivity contribution in [2.75, 3.05) is 12.4 Å². The van der Waals surface area contributed by atoms with Gasteiger partial charge in [-0.25, -0.2) is 4.98 Å². The van der Waals surface area contributed by atoms with Gasteiger partial charge < -0.3 is 14.8 Å². The zero-order chi connectivity index (χ0) is 17.4. The van der Waals surface area contributed by atoms with E-state index < -0.39 is 5.95 Å².